The fourth-order valence-electron chi connectivity index (χ4n) is 4.15. The summed E-state index contributed by atoms with van der Waals surface area (Å²) in [7, 11) is -2.03. The number of β-amino-alcohol motifs (C(OH)–C–C–N with tert-alkyl or cyclic N) is 1. The number of sulfonamides is 1. The van der Waals surface area contributed by atoms with Crippen molar-refractivity contribution in [2.24, 2.45) is 5.92 Å². The van der Waals surface area contributed by atoms with E-state index in [4.69, 9.17) is 0 Å². The zero-order chi connectivity index (χ0) is 21.2. The molecule has 2 aromatic rings. The lowest BCUT2D eigenvalue weighted by atomic mass is 9.88. The number of nitrogens with zero attached hydrogens (tertiary/aromatic N) is 1. The van der Waals surface area contributed by atoms with Crippen LogP contribution in [0.4, 0.5) is 0 Å². The van der Waals surface area contributed by atoms with Gasteiger partial charge < -0.3 is 10.4 Å². The summed E-state index contributed by atoms with van der Waals surface area (Å²) in [5.41, 5.74) is 2.77. The largest absolute Gasteiger partial charge is 0.390 e. The van der Waals surface area contributed by atoms with Gasteiger partial charge in [0.05, 0.1) is 6.10 Å². The zero-order valence-corrected chi connectivity index (χ0v) is 19.3. The van der Waals surface area contributed by atoms with Gasteiger partial charge in [0.1, 0.15) is 4.21 Å². The molecule has 0 saturated carbocycles. The number of aryl methyl sites for hydroxylation is 1. The Balaban J connectivity index is 1.48. The van der Waals surface area contributed by atoms with E-state index >= 15 is 0 Å². The second-order valence-electron chi connectivity index (χ2n) is 8.82. The van der Waals surface area contributed by atoms with Crippen LogP contribution < -0.4 is 5.32 Å². The molecule has 0 saturated heterocycles. The maximum atomic E-state index is 12.6. The van der Waals surface area contributed by atoms with Gasteiger partial charge in [0.15, 0.2) is 0 Å². The number of benzene rings is 1. The number of nitrogens with one attached hydrogen (secondary N) is 1. The molecule has 2 N–H and O–H groups in total. The van der Waals surface area contributed by atoms with E-state index in [0.717, 1.165) is 24.1 Å². The lowest BCUT2D eigenvalue weighted by Gasteiger charge is -2.31. The second kappa shape index (κ2) is 8.86. The minimum absolute atomic E-state index is 0.0667. The summed E-state index contributed by atoms with van der Waals surface area (Å²) >= 11 is 1.25. The first kappa shape index (κ1) is 22.4. The fourth-order valence-corrected chi connectivity index (χ4v) is 6.85. The molecule has 0 unspecified atom stereocenters. The molecule has 1 heterocycles. The van der Waals surface area contributed by atoms with E-state index in [1.54, 1.807) is 12.1 Å². The molecule has 160 valence electrons. The van der Waals surface area contributed by atoms with Gasteiger partial charge >= 0.3 is 0 Å². The lowest BCUT2D eigenvalue weighted by molar-refractivity contribution is 0.135. The van der Waals surface area contributed by atoms with E-state index in [2.05, 4.69) is 43.4 Å². The summed E-state index contributed by atoms with van der Waals surface area (Å²) in [5, 5.41) is 13.9. The van der Waals surface area contributed by atoms with Crippen LogP contribution in [0.25, 0.3) is 0 Å². The maximum absolute atomic E-state index is 12.6. The predicted molar refractivity (Wildman–Crippen MR) is 119 cm³/mol. The first-order valence-corrected chi connectivity index (χ1v) is 12.3. The average Bonchev–Trinajstić information content (AvgIpc) is 3.25. The number of likely N-dealkylation sites (N-methyl/N-ethyl adjacent to an activating group) is 1. The van der Waals surface area contributed by atoms with Crippen LogP contribution in [0.5, 0.6) is 0 Å². The monoisotopic (exact) mass is 436 g/mol. The van der Waals surface area contributed by atoms with E-state index in [-0.39, 0.29) is 12.1 Å². The van der Waals surface area contributed by atoms with Crippen molar-refractivity contribution in [1.29, 1.82) is 0 Å². The number of hydrogen-bond acceptors (Lipinski definition) is 5. The standard InChI is InChI=1S/C22H32N2O3S2/c1-16-9-10-21(28-16)29(26,27)24(4)15-20(25)14-23-22(2,3)13-17-11-18-7-5-6-8-19(18)12-17/h5-10,17,20,23,25H,11-15H2,1-4H3/t20-/m1/s1. The SMILES string of the molecule is Cc1ccc(S(=O)(=O)N(C)C[C@H](O)CNC(C)(C)CC2Cc3ccccc3C2)s1. The summed E-state index contributed by atoms with van der Waals surface area (Å²) in [6.07, 6.45) is 2.45. The molecule has 1 aliphatic carbocycles. The number of aliphatic hydroxyl groups excluding tert-OH is 1. The van der Waals surface area contributed by atoms with Crippen molar-refractivity contribution < 1.29 is 13.5 Å². The van der Waals surface area contributed by atoms with Gasteiger partial charge in [0.2, 0.25) is 0 Å². The van der Waals surface area contributed by atoms with Crippen LogP contribution in [0.2, 0.25) is 0 Å². The molecule has 0 spiro atoms. The third-order valence-electron chi connectivity index (χ3n) is 5.60. The number of fused-ring (bicyclic) bond motifs is 1. The Hall–Kier alpha value is -1.25. The van der Waals surface area contributed by atoms with E-state index in [1.807, 2.05) is 6.92 Å². The molecular weight excluding hydrogens is 404 g/mol. The van der Waals surface area contributed by atoms with Gasteiger partial charge in [0, 0.05) is 30.6 Å². The molecule has 0 amide bonds. The minimum atomic E-state index is -3.55. The highest BCUT2D eigenvalue weighted by Gasteiger charge is 2.29. The van der Waals surface area contributed by atoms with Gasteiger partial charge in [-0.1, -0.05) is 24.3 Å². The molecule has 0 aliphatic heterocycles. The fraction of sp³-hybridized carbons (Fsp3) is 0.545. The molecule has 1 atom stereocenters. The van der Waals surface area contributed by atoms with E-state index in [1.165, 1.54) is 33.8 Å². The van der Waals surface area contributed by atoms with Crippen LogP contribution in [0.3, 0.4) is 0 Å². The Morgan fingerprint density at radius 1 is 1.21 bits per heavy atom. The van der Waals surface area contributed by atoms with E-state index in [0.29, 0.717) is 16.7 Å². The van der Waals surface area contributed by atoms with Crippen LogP contribution in [0, 0.1) is 12.8 Å². The third-order valence-corrected chi connectivity index (χ3v) is 8.89. The quantitative estimate of drug-likeness (QED) is 0.633. The smallest absolute Gasteiger partial charge is 0.252 e. The van der Waals surface area contributed by atoms with Crippen LogP contribution in [-0.4, -0.2) is 49.6 Å². The number of aliphatic hydroxyl groups is 1. The second-order valence-corrected chi connectivity index (χ2v) is 12.4. The Bertz CT molecular complexity index is 912. The normalized spacial score (nSPS) is 16.3. The predicted octanol–water partition coefficient (Wildman–Crippen LogP) is 3.21. The van der Waals surface area contributed by atoms with Gasteiger partial charge in [-0.25, -0.2) is 8.42 Å². The molecule has 1 aromatic carbocycles. The molecule has 1 aromatic heterocycles. The summed E-state index contributed by atoms with van der Waals surface area (Å²) in [4.78, 5) is 0.954. The lowest BCUT2D eigenvalue weighted by Crippen LogP contribution is -2.47. The van der Waals surface area contributed by atoms with Gasteiger partial charge in [-0.15, -0.1) is 11.3 Å². The summed E-state index contributed by atoms with van der Waals surface area (Å²) in [5.74, 6) is 0.595. The van der Waals surface area contributed by atoms with Gasteiger partial charge in [0.25, 0.3) is 10.0 Å². The Morgan fingerprint density at radius 3 is 2.38 bits per heavy atom. The Kier molecular flexibility index (Phi) is 6.85. The molecular formula is C22H32N2O3S2. The number of hydrogen-bond donors (Lipinski definition) is 2. The molecule has 29 heavy (non-hydrogen) atoms. The average molecular weight is 437 g/mol. The summed E-state index contributed by atoms with van der Waals surface area (Å²) in [6.45, 7) is 6.61. The van der Waals surface area contributed by atoms with Crippen molar-refractivity contribution >= 4 is 21.4 Å². The highest BCUT2D eigenvalue weighted by atomic mass is 32.2. The van der Waals surface area contributed by atoms with Gasteiger partial charge in [-0.3, -0.25) is 0 Å². The minimum Gasteiger partial charge on any atom is -0.390 e. The van der Waals surface area contributed by atoms with E-state index in [9.17, 15) is 13.5 Å². The van der Waals surface area contributed by atoms with Crippen molar-refractivity contribution in [1.82, 2.24) is 9.62 Å². The van der Waals surface area contributed by atoms with Crippen LogP contribution in [0.15, 0.2) is 40.6 Å². The van der Waals surface area contributed by atoms with Crippen molar-refractivity contribution in [3.05, 3.63) is 52.4 Å². The molecule has 1 aliphatic rings. The van der Waals surface area contributed by atoms with Gasteiger partial charge in [-0.05, 0) is 69.2 Å². The zero-order valence-electron chi connectivity index (χ0n) is 17.7. The van der Waals surface area contributed by atoms with Crippen LogP contribution >= 0.6 is 11.3 Å². The summed E-state index contributed by atoms with van der Waals surface area (Å²) in [6, 6.07) is 12.0. The third kappa shape index (κ3) is 5.67. The Morgan fingerprint density at radius 2 is 1.83 bits per heavy atom. The summed E-state index contributed by atoms with van der Waals surface area (Å²) < 4.78 is 26.8. The topological polar surface area (TPSA) is 69.6 Å². The highest BCUT2D eigenvalue weighted by molar-refractivity contribution is 7.91. The molecule has 0 radical (unpaired) electrons. The molecule has 7 heteroatoms. The van der Waals surface area contributed by atoms with Crippen molar-refractivity contribution in [3.8, 4) is 0 Å². The first-order valence-electron chi connectivity index (χ1n) is 10.1. The number of thiophene rings is 1. The van der Waals surface area contributed by atoms with E-state index < -0.39 is 16.1 Å². The van der Waals surface area contributed by atoms with Crippen LogP contribution in [0.1, 0.15) is 36.3 Å². The maximum Gasteiger partial charge on any atom is 0.252 e. The van der Waals surface area contributed by atoms with Crippen molar-refractivity contribution in [2.45, 2.75) is 55.9 Å². The molecule has 0 bridgehead atoms. The first-order chi connectivity index (χ1) is 13.6. The Labute approximate surface area is 178 Å². The highest BCUT2D eigenvalue weighted by Crippen LogP contribution is 2.32. The molecule has 3 rings (SSSR count). The molecule has 5 nitrogen and oxygen atoms in total. The van der Waals surface area contributed by atoms with Crippen molar-refractivity contribution in [2.75, 3.05) is 20.1 Å². The van der Waals surface area contributed by atoms with Crippen molar-refractivity contribution in [3.63, 3.8) is 0 Å². The van der Waals surface area contributed by atoms with Crippen LogP contribution in [-0.2, 0) is 22.9 Å². The van der Waals surface area contributed by atoms with Gasteiger partial charge in [-0.2, -0.15) is 4.31 Å². The number of rotatable bonds is 9. The molecule has 0 fully saturated rings.